The number of benzene rings is 3. The Hall–Kier alpha value is -4.90. The number of phenolic OH excluding ortho intramolecular Hbond substituents is 2. The van der Waals surface area contributed by atoms with Gasteiger partial charge < -0.3 is 34.5 Å². The number of aryl methyl sites for hydroxylation is 1. The van der Waals surface area contributed by atoms with Gasteiger partial charge in [-0.05, 0) is 90.2 Å². The van der Waals surface area contributed by atoms with E-state index in [-0.39, 0.29) is 27.9 Å². The molecule has 11 heteroatoms. The van der Waals surface area contributed by atoms with Crippen LogP contribution in [0.25, 0.3) is 11.0 Å². The third-order valence-electron chi connectivity index (χ3n) is 8.51. The summed E-state index contributed by atoms with van der Waals surface area (Å²) in [5, 5.41) is 36.6. The molecule has 2 unspecified atom stereocenters. The van der Waals surface area contributed by atoms with Crippen LogP contribution in [0, 0.1) is 6.92 Å². The van der Waals surface area contributed by atoms with E-state index in [0.29, 0.717) is 35.9 Å². The number of phenols is 2. The van der Waals surface area contributed by atoms with E-state index in [1.807, 2.05) is 38.1 Å². The van der Waals surface area contributed by atoms with Crippen molar-refractivity contribution in [2.75, 3.05) is 20.2 Å². The maximum Gasteiger partial charge on any atom is 0.328 e. The average molecular weight is 720 g/mol. The smallest absolute Gasteiger partial charge is 0.328 e. The Morgan fingerprint density at radius 1 is 1.00 bits per heavy atom. The second-order valence-electron chi connectivity index (χ2n) is 12.6. The van der Waals surface area contributed by atoms with Gasteiger partial charge in [-0.2, -0.15) is 0 Å². The van der Waals surface area contributed by atoms with Crippen LogP contribution in [0.4, 0.5) is 0 Å². The Kier molecular flexibility index (Phi) is 15.0. The maximum atomic E-state index is 11.9. The fraction of sp³-hybridized carbons (Fsp3) is 0.325. The van der Waals surface area contributed by atoms with Gasteiger partial charge in [0.2, 0.25) is 0 Å². The van der Waals surface area contributed by atoms with E-state index < -0.39 is 17.5 Å². The van der Waals surface area contributed by atoms with Gasteiger partial charge in [-0.25, -0.2) is 9.59 Å². The topological polar surface area (TPSA) is 158 Å². The lowest BCUT2D eigenvalue weighted by atomic mass is 9.88. The van der Waals surface area contributed by atoms with Gasteiger partial charge >= 0.3 is 11.9 Å². The molecule has 0 radical (unpaired) electrons. The van der Waals surface area contributed by atoms with Crippen molar-refractivity contribution in [2.24, 2.45) is 0 Å². The number of halogens is 1. The first kappa shape index (κ1) is 40.5. The number of nitrogens with zero attached hydrogens (tertiary/aromatic N) is 1. The molecule has 2 heterocycles. The zero-order valence-electron chi connectivity index (χ0n) is 29.6. The standard InChI is InChI=1S/C21H26ClNO.C15H16O4.C4H4O4/c1-21(17-7-4-3-5-8-17,18-10-12-19(22)13-11-18)24-16-14-20-9-6-15-23(20)2;1-8(2)4-5-10-11(16)7-13-14(15(10)18)12(17)6-9(3)19-13;5-3(6)1-2-4(7)8/h3-5,7-8,10-13,20H,6,9,14-16H2,1-2H3;4,6-7,16,18H,5H2,1-3H3;1-2H,(H,5,6)(H,7,8). The molecule has 0 spiro atoms. The number of rotatable bonds is 10. The van der Waals surface area contributed by atoms with Gasteiger partial charge in [0.05, 0.1) is 0 Å². The molecule has 0 amide bonds. The van der Waals surface area contributed by atoms with E-state index in [4.69, 9.17) is 31.0 Å². The van der Waals surface area contributed by atoms with E-state index in [1.54, 1.807) is 6.92 Å². The number of ether oxygens (including phenoxy) is 1. The number of carbonyl (C=O) groups is 2. The first-order valence-corrected chi connectivity index (χ1v) is 16.9. The molecule has 10 nitrogen and oxygen atoms in total. The molecule has 1 fully saturated rings. The number of hydrogen-bond donors (Lipinski definition) is 4. The van der Waals surface area contributed by atoms with Crippen LogP contribution in [0.5, 0.6) is 11.5 Å². The fourth-order valence-electron chi connectivity index (χ4n) is 5.70. The van der Waals surface area contributed by atoms with Crippen LogP contribution in [0.15, 0.2) is 99.7 Å². The molecule has 3 aromatic carbocycles. The van der Waals surface area contributed by atoms with Crippen molar-refractivity contribution in [2.45, 2.75) is 65.0 Å². The zero-order chi connectivity index (χ0) is 37.7. The van der Waals surface area contributed by atoms with Gasteiger partial charge in [-0.15, -0.1) is 0 Å². The number of carboxylic acids is 2. The molecule has 0 saturated carbocycles. The predicted molar refractivity (Wildman–Crippen MR) is 199 cm³/mol. The minimum atomic E-state index is -1.26. The monoisotopic (exact) mass is 719 g/mol. The summed E-state index contributed by atoms with van der Waals surface area (Å²) >= 11 is 6.07. The highest BCUT2D eigenvalue weighted by Gasteiger charge is 2.31. The summed E-state index contributed by atoms with van der Waals surface area (Å²) in [6.45, 7) is 9.61. The highest BCUT2D eigenvalue weighted by atomic mass is 35.5. The molecule has 4 N–H and O–H groups in total. The lowest BCUT2D eigenvalue weighted by Gasteiger charge is -2.32. The van der Waals surface area contributed by atoms with Crippen molar-refractivity contribution in [3.8, 4) is 11.5 Å². The molecule has 2 atom stereocenters. The summed E-state index contributed by atoms with van der Waals surface area (Å²) in [6, 6.07) is 21.8. The number of aliphatic carboxylic acids is 2. The summed E-state index contributed by atoms with van der Waals surface area (Å²) in [7, 11) is 2.22. The third kappa shape index (κ3) is 11.8. The predicted octanol–water partition coefficient (Wildman–Crippen LogP) is 7.84. The molecule has 1 aliphatic rings. The summed E-state index contributed by atoms with van der Waals surface area (Å²) in [4.78, 5) is 33.5. The van der Waals surface area contributed by atoms with Gasteiger partial charge in [0.15, 0.2) is 5.43 Å². The SMILES string of the molecule is CC(C)=CCc1c(O)cc2oc(C)cc(=O)c2c1O.CN1CCCC1CCOC(C)(c1ccccc1)c1ccc(Cl)cc1.O=C(O)C=CC(=O)O. The highest BCUT2D eigenvalue weighted by Crippen LogP contribution is 2.36. The van der Waals surface area contributed by atoms with Crippen molar-refractivity contribution in [3.05, 3.63) is 128 Å². The van der Waals surface area contributed by atoms with Crippen molar-refractivity contribution >= 4 is 34.5 Å². The number of fused-ring (bicyclic) bond motifs is 1. The second kappa shape index (κ2) is 18.9. The van der Waals surface area contributed by atoms with Crippen LogP contribution in [-0.2, 0) is 26.3 Å². The van der Waals surface area contributed by atoms with Crippen LogP contribution in [0.1, 0.15) is 62.5 Å². The maximum absolute atomic E-state index is 11.9. The molecule has 0 bridgehead atoms. The molecular weight excluding hydrogens is 674 g/mol. The quantitative estimate of drug-likeness (QED) is 0.0940. The van der Waals surface area contributed by atoms with Crippen LogP contribution < -0.4 is 5.43 Å². The number of carboxylic acid groups (broad SMARTS) is 2. The van der Waals surface area contributed by atoms with E-state index in [2.05, 4.69) is 55.3 Å². The Morgan fingerprint density at radius 3 is 2.16 bits per heavy atom. The molecule has 1 saturated heterocycles. The van der Waals surface area contributed by atoms with E-state index in [1.165, 1.54) is 37.1 Å². The van der Waals surface area contributed by atoms with Crippen molar-refractivity contribution in [1.82, 2.24) is 4.90 Å². The number of hydrogen-bond acceptors (Lipinski definition) is 8. The minimum absolute atomic E-state index is 0.0729. The summed E-state index contributed by atoms with van der Waals surface area (Å²) in [5.74, 6) is -2.36. The third-order valence-corrected chi connectivity index (χ3v) is 8.77. The Labute approximate surface area is 302 Å². The van der Waals surface area contributed by atoms with Gasteiger partial charge in [0.25, 0.3) is 0 Å². The summed E-state index contributed by atoms with van der Waals surface area (Å²) in [6.07, 6.45) is 7.01. The minimum Gasteiger partial charge on any atom is -0.507 e. The van der Waals surface area contributed by atoms with Crippen molar-refractivity contribution in [1.29, 1.82) is 0 Å². The normalized spacial score (nSPS) is 15.3. The van der Waals surface area contributed by atoms with Crippen LogP contribution in [0.2, 0.25) is 5.02 Å². The Balaban J connectivity index is 0.000000232. The van der Waals surface area contributed by atoms with Crippen LogP contribution in [0.3, 0.4) is 0 Å². The van der Waals surface area contributed by atoms with Gasteiger partial charge in [0.1, 0.15) is 33.8 Å². The zero-order valence-corrected chi connectivity index (χ0v) is 30.3. The summed E-state index contributed by atoms with van der Waals surface area (Å²) < 4.78 is 11.8. The molecule has 1 aromatic heterocycles. The first-order chi connectivity index (χ1) is 24.1. The van der Waals surface area contributed by atoms with Gasteiger partial charge in [-0.1, -0.05) is 65.7 Å². The Bertz CT molecular complexity index is 1880. The van der Waals surface area contributed by atoms with Crippen molar-refractivity contribution in [3.63, 3.8) is 0 Å². The molecule has 51 heavy (non-hydrogen) atoms. The van der Waals surface area contributed by atoms with Crippen molar-refractivity contribution < 1.29 is 39.2 Å². The molecule has 4 aromatic rings. The Morgan fingerprint density at radius 2 is 1.61 bits per heavy atom. The number of aromatic hydroxyl groups is 2. The number of allylic oxidation sites excluding steroid dienone is 2. The number of likely N-dealkylation sites (tertiary alicyclic amines) is 1. The second-order valence-corrected chi connectivity index (χ2v) is 13.1. The highest BCUT2D eigenvalue weighted by molar-refractivity contribution is 6.30. The first-order valence-electron chi connectivity index (χ1n) is 16.5. The van der Waals surface area contributed by atoms with E-state index in [9.17, 15) is 24.6 Å². The fourth-order valence-corrected chi connectivity index (χ4v) is 5.83. The van der Waals surface area contributed by atoms with Crippen LogP contribution >= 0.6 is 11.6 Å². The summed E-state index contributed by atoms with van der Waals surface area (Å²) in [5.41, 5.74) is 3.14. The average Bonchev–Trinajstić information content (AvgIpc) is 3.48. The molecule has 5 rings (SSSR count). The van der Waals surface area contributed by atoms with Crippen LogP contribution in [-0.4, -0.2) is 63.5 Å². The molecule has 1 aliphatic heterocycles. The lowest BCUT2D eigenvalue weighted by molar-refractivity contribution is -0.134. The van der Waals surface area contributed by atoms with E-state index >= 15 is 0 Å². The lowest BCUT2D eigenvalue weighted by Crippen LogP contribution is -2.31. The molecular formula is C40H46ClNO9. The largest absolute Gasteiger partial charge is 0.507 e. The molecule has 0 aliphatic carbocycles. The van der Waals surface area contributed by atoms with Gasteiger partial charge in [0, 0.05) is 47.5 Å². The van der Waals surface area contributed by atoms with Gasteiger partial charge in [-0.3, -0.25) is 4.79 Å². The van der Waals surface area contributed by atoms with E-state index in [0.717, 1.165) is 29.2 Å². The molecule has 272 valence electrons.